The first kappa shape index (κ1) is 14.3. The number of hydrogen-bond donors (Lipinski definition) is 1. The number of nitrogens with two attached hydrogens (primary N) is 1. The molecule has 2 fully saturated rings. The lowest BCUT2D eigenvalue weighted by Gasteiger charge is -2.40. The molecule has 1 heterocycles. The van der Waals surface area contributed by atoms with E-state index in [2.05, 4.69) is 6.92 Å². The number of ether oxygens (including phenoxy) is 2. The van der Waals surface area contributed by atoms with Crippen molar-refractivity contribution < 1.29 is 9.47 Å². The molecule has 0 aromatic heterocycles. The van der Waals surface area contributed by atoms with Gasteiger partial charge in [0.15, 0.2) is 0 Å². The van der Waals surface area contributed by atoms with Crippen LogP contribution in [-0.2, 0) is 9.47 Å². The van der Waals surface area contributed by atoms with Crippen LogP contribution in [0.15, 0.2) is 0 Å². The molecule has 0 radical (unpaired) electrons. The van der Waals surface area contributed by atoms with E-state index in [1.54, 1.807) is 7.11 Å². The first-order valence-corrected chi connectivity index (χ1v) is 7.57. The van der Waals surface area contributed by atoms with Crippen molar-refractivity contribution in [3.8, 4) is 0 Å². The smallest absolute Gasteiger partial charge is 0.0685 e. The molecule has 1 spiro atoms. The van der Waals surface area contributed by atoms with Crippen molar-refractivity contribution in [1.82, 2.24) is 0 Å². The second-order valence-electron chi connectivity index (χ2n) is 6.28. The number of rotatable bonds is 5. The molecule has 2 aliphatic rings. The first-order chi connectivity index (χ1) is 8.65. The minimum absolute atomic E-state index is 0.202. The molecule has 2 N–H and O–H groups in total. The summed E-state index contributed by atoms with van der Waals surface area (Å²) in [7, 11) is 1.78. The van der Waals surface area contributed by atoms with E-state index < -0.39 is 0 Å². The predicted molar refractivity (Wildman–Crippen MR) is 73.6 cm³/mol. The Morgan fingerprint density at radius 1 is 1.33 bits per heavy atom. The van der Waals surface area contributed by atoms with Gasteiger partial charge in [0.25, 0.3) is 0 Å². The van der Waals surface area contributed by atoms with Gasteiger partial charge in [-0.25, -0.2) is 0 Å². The third-order valence-corrected chi connectivity index (χ3v) is 4.96. The van der Waals surface area contributed by atoms with Crippen LogP contribution in [0.5, 0.6) is 0 Å². The molecule has 0 bridgehead atoms. The van der Waals surface area contributed by atoms with Gasteiger partial charge < -0.3 is 15.2 Å². The maximum Gasteiger partial charge on any atom is 0.0685 e. The quantitative estimate of drug-likeness (QED) is 0.821. The average molecular weight is 255 g/mol. The van der Waals surface area contributed by atoms with E-state index in [1.807, 2.05) is 0 Å². The Morgan fingerprint density at radius 2 is 2.06 bits per heavy atom. The molecule has 1 saturated carbocycles. The highest BCUT2D eigenvalue weighted by molar-refractivity contribution is 4.93. The van der Waals surface area contributed by atoms with Gasteiger partial charge in [0.05, 0.1) is 11.7 Å². The topological polar surface area (TPSA) is 44.5 Å². The first-order valence-electron chi connectivity index (χ1n) is 7.57. The van der Waals surface area contributed by atoms with E-state index in [1.165, 1.54) is 32.1 Å². The highest BCUT2D eigenvalue weighted by atomic mass is 16.5. The highest BCUT2D eigenvalue weighted by Gasteiger charge is 2.41. The van der Waals surface area contributed by atoms with Gasteiger partial charge in [-0.05, 0) is 51.4 Å². The van der Waals surface area contributed by atoms with Gasteiger partial charge in [-0.2, -0.15) is 0 Å². The van der Waals surface area contributed by atoms with Crippen molar-refractivity contribution in [3.05, 3.63) is 0 Å². The Bertz CT molecular complexity index is 251. The largest absolute Gasteiger partial charge is 0.382 e. The Labute approximate surface area is 111 Å². The summed E-state index contributed by atoms with van der Waals surface area (Å²) in [6.07, 6.45) is 9.99. The summed E-state index contributed by atoms with van der Waals surface area (Å²) < 4.78 is 11.4. The summed E-state index contributed by atoms with van der Waals surface area (Å²) in [5.74, 6) is 0.654. The third kappa shape index (κ3) is 3.46. The monoisotopic (exact) mass is 255 g/mol. The SMILES string of the molecule is COC(C)CCC(N)C1CCOC2(CCCC2)C1. The summed E-state index contributed by atoms with van der Waals surface area (Å²) in [4.78, 5) is 0. The van der Waals surface area contributed by atoms with Crippen LogP contribution in [0.25, 0.3) is 0 Å². The molecule has 0 aromatic carbocycles. The highest BCUT2D eigenvalue weighted by Crippen LogP contribution is 2.43. The van der Waals surface area contributed by atoms with Gasteiger partial charge in [-0.15, -0.1) is 0 Å². The zero-order valence-electron chi connectivity index (χ0n) is 12.0. The standard InChI is InChI=1S/C15H29NO2/c1-12(17-2)5-6-14(16)13-7-10-18-15(11-13)8-3-4-9-15/h12-14H,3-11,16H2,1-2H3. The van der Waals surface area contributed by atoms with Gasteiger partial charge in [0.2, 0.25) is 0 Å². The minimum Gasteiger partial charge on any atom is -0.382 e. The van der Waals surface area contributed by atoms with Crippen LogP contribution in [0.4, 0.5) is 0 Å². The number of methoxy groups -OCH3 is 1. The third-order valence-electron chi connectivity index (χ3n) is 4.96. The van der Waals surface area contributed by atoms with E-state index >= 15 is 0 Å². The molecular formula is C15H29NO2. The Balaban J connectivity index is 1.80. The fraction of sp³-hybridized carbons (Fsp3) is 1.00. The lowest BCUT2D eigenvalue weighted by molar-refractivity contribution is -0.0967. The van der Waals surface area contributed by atoms with Gasteiger partial charge >= 0.3 is 0 Å². The van der Waals surface area contributed by atoms with E-state index in [0.29, 0.717) is 18.1 Å². The molecular weight excluding hydrogens is 226 g/mol. The molecule has 3 atom stereocenters. The van der Waals surface area contributed by atoms with Gasteiger partial charge in [-0.1, -0.05) is 12.8 Å². The van der Waals surface area contributed by atoms with E-state index in [9.17, 15) is 0 Å². The molecule has 0 aromatic rings. The molecule has 3 nitrogen and oxygen atoms in total. The zero-order chi connectivity index (χ0) is 13.0. The summed E-state index contributed by atoms with van der Waals surface area (Å²) in [5, 5.41) is 0. The second kappa shape index (κ2) is 6.36. The second-order valence-corrected chi connectivity index (χ2v) is 6.28. The maximum absolute atomic E-state index is 6.39. The van der Waals surface area contributed by atoms with Gasteiger partial charge in [0.1, 0.15) is 0 Å². The lowest BCUT2D eigenvalue weighted by Crippen LogP contribution is -2.44. The molecule has 3 heteroatoms. The summed E-state index contributed by atoms with van der Waals surface area (Å²) >= 11 is 0. The summed E-state index contributed by atoms with van der Waals surface area (Å²) in [5.41, 5.74) is 6.59. The van der Waals surface area contributed by atoms with Crippen LogP contribution < -0.4 is 5.73 Å². The van der Waals surface area contributed by atoms with Crippen LogP contribution in [0.2, 0.25) is 0 Å². The Morgan fingerprint density at radius 3 is 2.72 bits per heavy atom. The average Bonchev–Trinajstić information content (AvgIpc) is 2.83. The molecule has 1 aliphatic heterocycles. The van der Waals surface area contributed by atoms with Crippen LogP contribution in [-0.4, -0.2) is 31.5 Å². The van der Waals surface area contributed by atoms with Crippen molar-refractivity contribution >= 4 is 0 Å². The molecule has 106 valence electrons. The van der Waals surface area contributed by atoms with E-state index in [-0.39, 0.29) is 5.60 Å². The fourth-order valence-electron chi connectivity index (χ4n) is 3.58. The zero-order valence-corrected chi connectivity index (χ0v) is 12.0. The molecule has 3 unspecified atom stereocenters. The number of hydrogen-bond acceptors (Lipinski definition) is 3. The predicted octanol–water partition coefficient (Wildman–Crippen LogP) is 2.87. The molecule has 1 saturated heterocycles. The Kier molecular flexibility index (Phi) is 5.05. The molecule has 1 aliphatic carbocycles. The van der Waals surface area contributed by atoms with Gasteiger partial charge in [0, 0.05) is 19.8 Å². The van der Waals surface area contributed by atoms with Crippen LogP contribution >= 0.6 is 0 Å². The van der Waals surface area contributed by atoms with Crippen LogP contribution in [0.1, 0.15) is 58.3 Å². The summed E-state index contributed by atoms with van der Waals surface area (Å²) in [6, 6.07) is 0.323. The van der Waals surface area contributed by atoms with Crippen molar-refractivity contribution in [3.63, 3.8) is 0 Å². The van der Waals surface area contributed by atoms with Crippen molar-refractivity contribution in [2.24, 2.45) is 11.7 Å². The summed E-state index contributed by atoms with van der Waals surface area (Å²) in [6.45, 7) is 3.04. The van der Waals surface area contributed by atoms with Crippen LogP contribution in [0.3, 0.4) is 0 Å². The van der Waals surface area contributed by atoms with E-state index in [4.69, 9.17) is 15.2 Å². The maximum atomic E-state index is 6.39. The molecule has 18 heavy (non-hydrogen) atoms. The molecule has 0 amide bonds. The minimum atomic E-state index is 0.202. The van der Waals surface area contributed by atoms with Crippen molar-refractivity contribution in [2.75, 3.05) is 13.7 Å². The van der Waals surface area contributed by atoms with Crippen molar-refractivity contribution in [2.45, 2.75) is 76.0 Å². The Hall–Kier alpha value is -0.120. The lowest BCUT2D eigenvalue weighted by atomic mass is 9.79. The van der Waals surface area contributed by atoms with E-state index in [0.717, 1.165) is 25.9 Å². The molecule has 2 rings (SSSR count). The fourth-order valence-corrected chi connectivity index (χ4v) is 3.58. The van der Waals surface area contributed by atoms with Gasteiger partial charge in [-0.3, -0.25) is 0 Å². The normalized spacial score (nSPS) is 30.5. The van der Waals surface area contributed by atoms with Crippen LogP contribution in [0, 0.1) is 5.92 Å². The van der Waals surface area contributed by atoms with Crippen molar-refractivity contribution in [1.29, 1.82) is 0 Å².